The molecule has 10 aromatic rings. The minimum absolute atomic E-state index is 0.154. The van der Waals surface area contributed by atoms with E-state index in [0.29, 0.717) is 66.6 Å². The number of aliphatic imine (C=N–C) groups is 2. The number of carbonyl (C=O) groups excluding carboxylic acids is 4. The van der Waals surface area contributed by atoms with Gasteiger partial charge in [0.15, 0.2) is 0 Å². The molecule has 0 radical (unpaired) electrons. The van der Waals surface area contributed by atoms with Crippen LogP contribution in [0.3, 0.4) is 0 Å². The fraction of sp³-hybridized carbons (Fsp3) is 0.0526. The Hall–Kier alpha value is -12.8. The van der Waals surface area contributed by atoms with E-state index < -0.39 is 93.8 Å². The minimum Gasteiger partial charge on any atom is -0.422 e. The number of alkyl halides is 12. The van der Waals surface area contributed by atoms with Gasteiger partial charge in [-0.05, 0) is 168 Å². The van der Waals surface area contributed by atoms with E-state index in [1.165, 1.54) is 121 Å². The summed E-state index contributed by atoms with van der Waals surface area (Å²) in [4.78, 5) is 65.4. The van der Waals surface area contributed by atoms with Gasteiger partial charge in [0.05, 0.1) is 89.4 Å². The highest BCUT2D eigenvalue weighted by Gasteiger charge is 2.39. The first kappa shape index (κ1) is 65.5. The Bertz CT molecular complexity index is 5110. The number of allylic oxidation sites excluding steroid dienone is 4. The smallest absolute Gasteiger partial charge is 0.419 e. The van der Waals surface area contributed by atoms with Crippen LogP contribution < -0.4 is 35.2 Å². The normalized spacial score (nSPS) is 14.1. The Morgan fingerprint density at radius 2 is 0.554 bits per heavy atom. The largest absolute Gasteiger partial charge is 0.422 e. The van der Waals surface area contributed by atoms with Crippen molar-refractivity contribution in [2.75, 3.05) is 5.53 Å². The summed E-state index contributed by atoms with van der Waals surface area (Å²) in [5, 5.41) is 0.681. The predicted octanol–water partition coefficient (Wildman–Crippen LogP) is 16.2. The maximum absolute atomic E-state index is 14.1. The Balaban J connectivity index is 0.966. The van der Waals surface area contributed by atoms with Crippen molar-refractivity contribution in [3.8, 4) is 23.0 Å². The van der Waals surface area contributed by atoms with Gasteiger partial charge in [0, 0.05) is 22.3 Å². The number of carbonyl (C=O) groups is 4. The van der Waals surface area contributed by atoms with Crippen LogP contribution in [0.2, 0.25) is 0 Å². The van der Waals surface area contributed by atoms with Crippen molar-refractivity contribution in [3.63, 3.8) is 0 Å². The zero-order chi connectivity index (χ0) is 70.9. The summed E-state index contributed by atoms with van der Waals surface area (Å²) >= 11 is 0. The van der Waals surface area contributed by atoms with Crippen molar-refractivity contribution >= 4 is 57.6 Å². The molecule has 6 bridgehead atoms. The first-order valence-corrected chi connectivity index (χ1v) is 30.2. The number of ether oxygens (including phenoxy) is 4. The first-order chi connectivity index (χ1) is 48.2. The van der Waals surface area contributed by atoms with E-state index in [1.54, 1.807) is 57.9 Å². The van der Waals surface area contributed by atoms with Crippen molar-refractivity contribution in [1.82, 2.24) is 9.35 Å². The van der Waals surface area contributed by atoms with Gasteiger partial charge in [0.1, 0.15) is 23.0 Å². The van der Waals surface area contributed by atoms with Crippen molar-refractivity contribution in [2.45, 2.75) is 24.7 Å². The number of para-hydroxylation sites is 4. The molecule has 2 aromatic heterocycles. The fourth-order valence-electron chi connectivity index (χ4n) is 11.8. The summed E-state index contributed by atoms with van der Waals surface area (Å²) in [6.07, 6.45) is -12.8. The molecule has 0 amide bonds. The van der Waals surface area contributed by atoms with Crippen molar-refractivity contribution in [2.24, 2.45) is 9.98 Å². The van der Waals surface area contributed by atoms with Gasteiger partial charge in [0.2, 0.25) is 0 Å². The van der Waals surface area contributed by atoms with Gasteiger partial charge >= 0.3 is 48.6 Å². The average molecular weight is 1380 g/mol. The molecule has 1 N–H and O–H groups in total. The molecular weight excluding hydrogens is 1340 g/mol. The lowest BCUT2D eigenvalue weighted by molar-refractivity contribution is -0.139. The molecule has 4 aliphatic heterocycles. The Morgan fingerprint density at radius 1 is 0.297 bits per heavy atom. The van der Waals surface area contributed by atoms with Crippen LogP contribution in [0.4, 0.5) is 52.7 Å². The summed E-state index contributed by atoms with van der Waals surface area (Å²) in [6.45, 7) is 0. The fourth-order valence-corrected chi connectivity index (χ4v) is 11.8. The predicted molar refractivity (Wildman–Crippen MR) is 344 cm³/mol. The number of halogens is 12. The summed E-state index contributed by atoms with van der Waals surface area (Å²) < 4.78 is 194. The maximum Gasteiger partial charge on any atom is 0.419 e. The van der Waals surface area contributed by atoms with Gasteiger partial charge in [0.25, 0.3) is 0 Å². The lowest BCUT2D eigenvalue weighted by atomic mass is 9.99. The number of nitrogens with zero attached hydrogens (tertiary/aromatic N) is 4. The van der Waals surface area contributed by atoms with E-state index in [-0.39, 0.29) is 45.1 Å². The molecule has 14 rings (SSSR count). The number of esters is 4. The van der Waals surface area contributed by atoms with Crippen molar-refractivity contribution in [1.29, 1.82) is 0 Å². The van der Waals surface area contributed by atoms with Crippen LogP contribution in [0.1, 0.15) is 97.3 Å². The third-order valence-corrected chi connectivity index (χ3v) is 16.5. The molecule has 0 unspecified atom stereocenters. The van der Waals surface area contributed by atoms with Gasteiger partial charge in [-0.3, -0.25) is 0 Å². The molecule has 25 heteroatoms. The molecule has 13 nitrogen and oxygen atoms in total. The number of rotatable bonds is 12. The Morgan fingerprint density at radius 3 is 0.822 bits per heavy atom. The van der Waals surface area contributed by atoms with Crippen LogP contribution in [0.5, 0.6) is 23.0 Å². The van der Waals surface area contributed by atoms with E-state index in [9.17, 15) is 71.9 Å². The van der Waals surface area contributed by atoms with Crippen molar-refractivity contribution in [3.05, 3.63) is 343 Å². The molecular formula is C76H41F12N5O8. The van der Waals surface area contributed by atoms with Crippen LogP contribution in [-0.4, -0.2) is 44.7 Å². The van der Waals surface area contributed by atoms with Gasteiger partial charge in [-0.1, -0.05) is 97.1 Å². The van der Waals surface area contributed by atoms with E-state index in [0.717, 1.165) is 72.8 Å². The van der Waals surface area contributed by atoms with Crippen LogP contribution in [0.15, 0.2) is 264 Å². The van der Waals surface area contributed by atoms with Crippen LogP contribution >= 0.6 is 0 Å². The van der Waals surface area contributed by atoms with Gasteiger partial charge < -0.3 is 18.9 Å². The van der Waals surface area contributed by atoms with Gasteiger partial charge in [-0.2, -0.15) is 52.7 Å². The van der Waals surface area contributed by atoms with E-state index >= 15 is 0 Å². The molecule has 0 saturated carbocycles. The highest BCUT2D eigenvalue weighted by atomic mass is 19.4. The third-order valence-electron chi connectivity index (χ3n) is 16.5. The van der Waals surface area contributed by atoms with Crippen LogP contribution in [0.25, 0.3) is 22.3 Å². The monoisotopic (exact) mass is 1380 g/mol. The quantitative estimate of drug-likeness (QED) is 0.0716. The SMILES string of the molecule is O=C(Oc1ccccc1C(F)(F)F)c1ccc(C2=C3C=CC(=N3)C(c3ccc(C(=O)Oc4ccccc4C(F)(F)F)cc3)=c3ccc4n3Nn3c2ccc3C(c2ccc(C(=O)Oc3ccccc3C(F)(F)F)cc2)=C2C=CC(=N2)C=4c2ccc(C(=O)Oc3ccccc3C(F)(F)F)cc2)cc1. The summed E-state index contributed by atoms with van der Waals surface area (Å²) in [5.74, 6) is -7.47. The molecule has 0 atom stereocenters. The molecule has 0 fully saturated rings. The second kappa shape index (κ2) is 25.2. The number of nitrogens with one attached hydrogen (secondary N) is 1. The molecule has 6 heterocycles. The summed E-state index contributed by atoms with van der Waals surface area (Å²) in [6, 6.07) is 46.5. The number of hydrogen-bond donors (Lipinski definition) is 1. The Labute approximate surface area is 561 Å². The van der Waals surface area contributed by atoms with Crippen molar-refractivity contribution < 1.29 is 90.8 Å². The number of benzene rings is 8. The lowest BCUT2D eigenvalue weighted by Gasteiger charge is -2.24. The molecule has 0 spiro atoms. The lowest BCUT2D eigenvalue weighted by Crippen LogP contribution is -2.42. The number of fused-ring (bicyclic) bond motifs is 2. The van der Waals surface area contributed by atoms with E-state index in [2.05, 4.69) is 5.53 Å². The second-order valence-electron chi connectivity index (χ2n) is 22.8. The molecule has 101 heavy (non-hydrogen) atoms. The topological polar surface area (TPSA) is 152 Å². The van der Waals surface area contributed by atoms with E-state index in [4.69, 9.17) is 28.9 Å². The average Bonchev–Trinajstić information content (AvgIpc) is 1.58. The van der Waals surface area contributed by atoms with Gasteiger partial charge in [-0.25, -0.2) is 44.0 Å². The zero-order valence-corrected chi connectivity index (χ0v) is 51.2. The van der Waals surface area contributed by atoms with Crippen LogP contribution in [0, 0.1) is 0 Å². The molecule has 0 saturated heterocycles. The summed E-state index contributed by atoms with van der Waals surface area (Å²) in [5.41, 5.74) is 2.90. The van der Waals surface area contributed by atoms with E-state index in [1.807, 2.05) is 0 Å². The maximum atomic E-state index is 14.1. The Kier molecular flexibility index (Phi) is 16.4. The van der Waals surface area contributed by atoms with Gasteiger partial charge in [-0.15, -0.1) is 0 Å². The first-order valence-electron chi connectivity index (χ1n) is 30.2. The zero-order valence-electron chi connectivity index (χ0n) is 51.2. The molecule has 0 aliphatic carbocycles. The second-order valence-corrected chi connectivity index (χ2v) is 22.8. The summed E-state index contributed by atoms with van der Waals surface area (Å²) in [7, 11) is 0. The number of hydrogen-bond acceptors (Lipinski definition) is 11. The standard InChI is InChI=1S/C76H41F12N5O8/c77-73(78,79)49-9-1-5-13-61(49)98-69(94)45-25-17-41(18-26-45)65-53-33-34-54(89-53)66(42-19-27-46(28-20-42)70(95)99-62-14-6-2-10-50(62)74(80,81)82)59-39-40-60-68(44-23-31-48(32-24-44)72(97)101-64-16-8-4-12-52(64)76(86,87)88)56-36-35-55(90-56)67(58-38-37-57(65)92(58)91-93(59)60)43-21-29-47(30-22-43)71(96)100-63-15-7-3-11-51(63)75(83,84)85/h1-40,91H. The third kappa shape index (κ3) is 12.7. The highest BCUT2D eigenvalue weighted by Crippen LogP contribution is 2.43. The molecule has 502 valence electrons. The van der Waals surface area contributed by atoms with Crippen LogP contribution in [-0.2, 0) is 24.7 Å². The molecule has 8 aromatic carbocycles. The minimum atomic E-state index is -4.87. The highest BCUT2D eigenvalue weighted by molar-refractivity contribution is 6.32. The number of aromatic nitrogens is 2. The molecule has 4 aliphatic rings.